The van der Waals surface area contributed by atoms with Crippen LogP contribution < -0.4 is 5.32 Å². The highest BCUT2D eigenvalue weighted by atomic mass is 14.9. The van der Waals surface area contributed by atoms with Crippen molar-refractivity contribution in [3.8, 4) is 0 Å². The van der Waals surface area contributed by atoms with Gasteiger partial charge in [0.2, 0.25) is 0 Å². The summed E-state index contributed by atoms with van der Waals surface area (Å²) < 4.78 is 0. The molecule has 0 radical (unpaired) electrons. The molecule has 19 heavy (non-hydrogen) atoms. The maximum Gasteiger partial charge on any atom is 0.0708 e. The SMILES string of the molecule is Cc1cc(CNCC(C)C(C)C)c2ccccc2n1. The van der Waals surface area contributed by atoms with Gasteiger partial charge in [0, 0.05) is 17.6 Å². The summed E-state index contributed by atoms with van der Waals surface area (Å²) in [5, 5.41) is 4.84. The van der Waals surface area contributed by atoms with Gasteiger partial charge in [0.25, 0.3) is 0 Å². The first kappa shape index (κ1) is 14.0. The molecule has 1 N–H and O–H groups in total. The zero-order chi connectivity index (χ0) is 13.8. The van der Waals surface area contributed by atoms with Crippen molar-refractivity contribution in [1.82, 2.24) is 10.3 Å². The van der Waals surface area contributed by atoms with Crippen molar-refractivity contribution >= 4 is 10.9 Å². The van der Waals surface area contributed by atoms with E-state index in [0.717, 1.165) is 30.2 Å². The minimum atomic E-state index is 0.703. The lowest BCUT2D eigenvalue weighted by molar-refractivity contribution is 0.393. The van der Waals surface area contributed by atoms with Gasteiger partial charge in [0.1, 0.15) is 0 Å². The first-order valence-electron chi connectivity index (χ1n) is 7.14. The Kier molecular flexibility index (Phi) is 4.54. The van der Waals surface area contributed by atoms with Crippen LogP contribution in [0.5, 0.6) is 0 Å². The van der Waals surface area contributed by atoms with Gasteiger partial charge in [-0.05, 0) is 43.0 Å². The van der Waals surface area contributed by atoms with Crippen molar-refractivity contribution in [2.45, 2.75) is 34.2 Å². The fraction of sp³-hybridized carbons (Fsp3) is 0.471. The second kappa shape index (κ2) is 6.16. The number of aryl methyl sites for hydroxylation is 1. The first-order valence-corrected chi connectivity index (χ1v) is 7.14. The van der Waals surface area contributed by atoms with E-state index in [4.69, 9.17) is 0 Å². The third kappa shape index (κ3) is 3.54. The van der Waals surface area contributed by atoms with Crippen molar-refractivity contribution in [3.63, 3.8) is 0 Å². The quantitative estimate of drug-likeness (QED) is 0.877. The third-order valence-electron chi connectivity index (χ3n) is 3.85. The van der Waals surface area contributed by atoms with Crippen LogP contribution in [0.25, 0.3) is 10.9 Å². The lowest BCUT2D eigenvalue weighted by atomic mass is 9.98. The van der Waals surface area contributed by atoms with Gasteiger partial charge >= 0.3 is 0 Å². The summed E-state index contributed by atoms with van der Waals surface area (Å²) in [6.07, 6.45) is 0. The van der Waals surface area contributed by atoms with E-state index >= 15 is 0 Å². The molecule has 0 aliphatic carbocycles. The molecule has 0 aliphatic rings. The number of para-hydroxylation sites is 1. The van der Waals surface area contributed by atoms with Crippen LogP contribution in [0, 0.1) is 18.8 Å². The van der Waals surface area contributed by atoms with Crippen LogP contribution in [0.3, 0.4) is 0 Å². The second-order valence-electron chi connectivity index (χ2n) is 5.79. The molecule has 1 aromatic heterocycles. The molecule has 2 heteroatoms. The molecule has 0 spiro atoms. The summed E-state index contributed by atoms with van der Waals surface area (Å²) in [7, 11) is 0. The lowest BCUT2D eigenvalue weighted by Gasteiger charge is -2.16. The molecule has 0 fully saturated rings. The van der Waals surface area contributed by atoms with Crippen LogP contribution in [-0.2, 0) is 6.54 Å². The Morgan fingerprint density at radius 1 is 1.16 bits per heavy atom. The number of fused-ring (bicyclic) bond motifs is 1. The van der Waals surface area contributed by atoms with Crippen molar-refractivity contribution in [2.75, 3.05) is 6.54 Å². The van der Waals surface area contributed by atoms with Crippen LogP contribution in [0.4, 0.5) is 0 Å². The van der Waals surface area contributed by atoms with Gasteiger partial charge in [-0.15, -0.1) is 0 Å². The van der Waals surface area contributed by atoms with Crippen LogP contribution >= 0.6 is 0 Å². The maximum atomic E-state index is 4.58. The van der Waals surface area contributed by atoms with E-state index in [1.54, 1.807) is 0 Å². The minimum Gasteiger partial charge on any atom is -0.312 e. The molecule has 0 amide bonds. The predicted molar refractivity (Wildman–Crippen MR) is 82.2 cm³/mol. The highest BCUT2D eigenvalue weighted by molar-refractivity contribution is 5.82. The van der Waals surface area contributed by atoms with E-state index < -0.39 is 0 Å². The van der Waals surface area contributed by atoms with Gasteiger partial charge in [0.15, 0.2) is 0 Å². The molecule has 0 bridgehead atoms. The number of benzene rings is 1. The Morgan fingerprint density at radius 3 is 2.63 bits per heavy atom. The number of nitrogens with zero attached hydrogens (tertiary/aromatic N) is 1. The Hall–Kier alpha value is -1.41. The molecule has 0 saturated carbocycles. The van der Waals surface area contributed by atoms with Gasteiger partial charge < -0.3 is 5.32 Å². The molecule has 102 valence electrons. The maximum absolute atomic E-state index is 4.58. The third-order valence-corrected chi connectivity index (χ3v) is 3.85. The molecule has 2 aromatic rings. The topological polar surface area (TPSA) is 24.9 Å². The number of hydrogen-bond donors (Lipinski definition) is 1. The van der Waals surface area contributed by atoms with Gasteiger partial charge in [-0.2, -0.15) is 0 Å². The van der Waals surface area contributed by atoms with Gasteiger partial charge in [0.05, 0.1) is 5.52 Å². The Bertz CT molecular complexity index is 546. The number of nitrogens with one attached hydrogen (secondary N) is 1. The van der Waals surface area contributed by atoms with E-state index in [1.807, 2.05) is 6.07 Å². The molecular weight excluding hydrogens is 232 g/mol. The molecule has 1 unspecified atom stereocenters. The van der Waals surface area contributed by atoms with E-state index in [9.17, 15) is 0 Å². The van der Waals surface area contributed by atoms with Crippen LogP contribution in [0.1, 0.15) is 32.0 Å². The van der Waals surface area contributed by atoms with Crippen molar-refractivity contribution in [2.24, 2.45) is 11.8 Å². The summed E-state index contributed by atoms with van der Waals surface area (Å²) in [5.74, 6) is 1.43. The van der Waals surface area contributed by atoms with Crippen LogP contribution in [0.15, 0.2) is 30.3 Å². The number of pyridine rings is 1. The normalized spacial score (nSPS) is 13.1. The number of hydrogen-bond acceptors (Lipinski definition) is 2. The average Bonchev–Trinajstić information content (AvgIpc) is 2.38. The van der Waals surface area contributed by atoms with Crippen LogP contribution in [-0.4, -0.2) is 11.5 Å². The van der Waals surface area contributed by atoms with Crippen molar-refractivity contribution < 1.29 is 0 Å². The van der Waals surface area contributed by atoms with Crippen molar-refractivity contribution in [1.29, 1.82) is 0 Å². The highest BCUT2D eigenvalue weighted by Crippen LogP contribution is 2.18. The molecule has 0 saturated heterocycles. The highest BCUT2D eigenvalue weighted by Gasteiger charge is 2.07. The van der Waals surface area contributed by atoms with Gasteiger partial charge in [-0.25, -0.2) is 0 Å². The fourth-order valence-electron chi connectivity index (χ4n) is 2.21. The zero-order valence-corrected chi connectivity index (χ0v) is 12.4. The molecule has 0 aliphatic heterocycles. The van der Waals surface area contributed by atoms with Gasteiger partial charge in [-0.1, -0.05) is 39.0 Å². The average molecular weight is 256 g/mol. The van der Waals surface area contributed by atoms with E-state index in [0.29, 0.717) is 5.92 Å². The Labute approximate surface area is 116 Å². The minimum absolute atomic E-state index is 0.703. The summed E-state index contributed by atoms with van der Waals surface area (Å²) in [4.78, 5) is 4.58. The Morgan fingerprint density at radius 2 is 1.89 bits per heavy atom. The van der Waals surface area contributed by atoms with Crippen LogP contribution in [0.2, 0.25) is 0 Å². The van der Waals surface area contributed by atoms with E-state index in [-0.39, 0.29) is 0 Å². The predicted octanol–water partition coefficient (Wildman–Crippen LogP) is 3.92. The zero-order valence-electron chi connectivity index (χ0n) is 12.4. The molecular formula is C17H24N2. The summed E-state index contributed by atoms with van der Waals surface area (Å²) in [6.45, 7) is 10.9. The molecule has 2 rings (SSSR count). The Balaban J connectivity index is 2.12. The summed E-state index contributed by atoms with van der Waals surface area (Å²) >= 11 is 0. The van der Waals surface area contributed by atoms with E-state index in [2.05, 4.69) is 62.3 Å². The summed E-state index contributed by atoms with van der Waals surface area (Å²) in [6, 6.07) is 10.6. The number of rotatable bonds is 5. The van der Waals surface area contributed by atoms with E-state index in [1.165, 1.54) is 10.9 Å². The molecule has 1 aromatic carbocycles. The van der Waals surface area contributed by atoms with Gasteiger partial charge in [-0.3, -0.25) is 4.98 Å². The van der Waals surface area contributed by atoms with Crippen molar-refractivity contribution in [3.05, 3.63) is 41.6 Å². The monoisotopic (exact) mass is 256 g/mol. The second-order valence-corrected chi connectivity index (χ2v) is 5.79. The molecule has 2 nitrogen and oxygen atoms in total. The largest absolute Gasteiger partial charge is 0.312 e. The molecule has 1 atom stereocenters. The first-order chi connectivity index (χ1) is 9.08. The molecule has 1 heterocycles. The number of aromatic nitrogens is 1. The smallest absolute Gasteiger partial charge is 0.0708 e. The fourth-order valence-corrected chi connectivity index (χ4v) is 2.21. The summed E-state index contributed by atoms with van der Waals surface area (Å²) in [5.41, 5.74) is 3.53. The lowest BCUT2D eigenvalue weighted by Crippen LogP contribution is -2.24. The standard InChI is InChI=1S/C17H24N2/c1-12(2)13(3)10-18-11-15-9-14(4)19-17-8-6-5-7-16(15)17/h5-9,12-13,18H,10-11H2,1-4H3.